The van der Waals surface area contributed by atoms with Crippen LogP contribution in [0.1, 0.15) is 26.3 Å². The van der Waals surface area contributed by atoms with Gasteiger partial charge in [0, 0.05) is 5.56 Å². The maximum atomic E-state index is 11.9. The van der Waals surface area contributed by atoms with E-state index >= 15 is 0 Å². The predicted octanol–water partition coefficient (Wildman–Crippen LogP) is 3.40. The molecule has 0 aliphatic rings. The molecule has 0 fully saturated rings. The molecule has 0 aromatic heterocycles. The highest BCUT2D eigenvalue weighted by Crippen LogP contribution is 2.16. The summed E-state index contributed by atoms with van der Waals surface area (Å²) in [5, 5.41) is 11.1. The van der Waals surface area contributed by atoms with E-state index in [0.29, 0.717) is 5.56 Å². The Morgan fingerprint density at radius 2 is 1.54 bits per heavy atom. The Balaban J connectivity index is 1.58. The third-order valence-corrected chi connectivity index (χ3v) is 3.61. The number of carbonyl (C=O) groups is 2. The molecule has 3 aromatic rings. The Morgan fingerprint density at radius 1 is 0.875 bits per heavy atom. The van der Waals surface area contributed by atoms with Crippen LogP contribution in [0.4, 0.5) is 0 Å². The standard InChI is InChI=1S/C19H15NO4/c21-18(15-7-9-16(10-8-15)19(22)23)20-24-12-13-5-6-14-3-1-2-4-17(14)11-13/h1-11H,12H2,(H,20,21)(H,22,23). The normalized spacial score (nSPS) is 10.5. The summed E-state index contributed by atoms with van der Waals surface area (Å²) >= 11 is 0. The lowest BCUT2D eigenvalue weighted by atomic mass is 10.1. The quantitative estimate of drug-likeness (QED) is 0.706. The Hall–Kier alpha value is -3.18. The Morgan fingerprint density at radius 3 is 2.25 bits per heavy atom. The summed E-state index contributed by atoms with van der Waals surface area (Å²) < 4.78 is 0. The lowest BCUT2D eigenvalue weighted by molar-refractivity contribution is 0.0234. The summed E-state index contributed by atoms with van der Waals surface area (Å²) in [5.74, 6) is -1.46. The maximum Gasteiger partial charge on any atom is 0.335 e. The molecule has 5 heteroatoms. The molecule has 0 unspecified atom stereocenters. The van der Waals surface area contributed by atoms with Gasteiger partial charge in [-0.3, -0.25) is 9.63 Å². The molecule has 0 aliphatic carbocycles. The highest BCUT2D eigenvalue weighted by atomic mass is 16.6. The lowest BCUT2D eigenvalue weighted by Crippen LogP contribution is -2.23. The molecule has 0 heterocycles. The van der Waals surface area contributed by atoms with Crippen LogP contribution in [-0.2, 0) is 11.4 Å². The number of rotatable bonds is 5. The molecule has 0 atom stereocenters. The number of hydrogen-bond donors (Lipinski definition) is 2. The summed E-state index contributed by atoms with van der Waals surface area (Å²) in [7, 11) is 0. The van der Waals surface area contributed by atoms with Crippen LogP contribution in [0.5, 0.6) is 0 Å². The summed E-state index contributed by atoms with van der Waals surface area (Å²) in [6.45, 7) is 0.240. The zero-order valence-corrected chi connectivity index (χ0v) is 12.7. The third kappa shape index (κ3) is 3.59. The van der Waals surface area contributed by atoms with Crippen molar-refractivity contribution in [2.24, 2.45) is 0 Å². The van der Waals surface area contributed by atoms with Gasteiger partial charge in [-0.25, -0.2) is 10.3 Å². The number of hydrogen-bond acceptors (Lipinski definition) is 3. The van der Waals surface area contributed by atoms with Crippen molar-refractivity contribution in [1.82, 2.24) is 5.48 Å². The molecule has 0 saturated carbocycles. The maximum absolute atomic E-state index is 11.9. The van der Waals surface area contributed by atoms with Gasteiger partial charge < -0.3 is 5.11 Å². The van der Waals surface area contributed by atoms with Gasteiger partial charge in [0.15, 0.2) is 0 Å². The van der Waals surface area contributed by atoms with Crippen molar-refractivity contribution in [2.45, 2.75) is 6.61 Å². The average Bonchev–Trinajstić information content (AvgIpc) is 2.61. The number of fused-ring (bicyclic) bond motifs is 1. The molecule has 5 nitrogen and oxygen atoms in total. The van der Waals surface area contributed by atoms with Gasteiger partial charge in [-0.05, 0) is 46.7 Å². The van der Waals surface area contributed by atoms with Crippen LogP contribution in [0.3, 0.4) is 0 Å². The van der Waals surface area contributed by atoms with Gasteiger partial charge in [-0.1, -0.05) is 36.4 Å². The van der Waals surface area contributed by atoms with Gasteiger partial charge in [-0.2, -0.15) is 0 Å². The van der Waals surface area contributed by atoms with Crippen molar-refractivity contribution >= 4 is 22.6 Å². The van der Waals surface area contributed by atoms with Crippen molar-refractivity contribution < 1.29 is 19.5 Å². The highest BCUT2D eigenvalue weighted by molar-refractivity contribution is 5.95. The molecule has 0 radical (unpaired) electrons. The molecule has 0 aliphatic heterocycles. The van der Waals surface area contributed by atoms with E-state index in [9.17, 15) is 9.59 Å². The van der Waals surface area contributed by atoms with E-state index in [0.717, 1.165) is 16.3 Å². The van der Waals surface area contributed by atoms with E-state index in [4.69, 9.17) is 9.94 Å². The van der Waals surface area contributed by atoms with Crippen LogP contribution < -0.4 is 5.48 Å². The molecule has 0 bridgehead atoms. The van der Waals surface area contributed by atoms with Crippen molar-refractivity contribution in [3.63, 3.8) is 0 Å². The predicted molar refractivity (Wildman–Crippen MR) is 89.6 cm³/mol. The van der Waals surface area contributed by atoms with E-state index < -0.39 is 11.9 Å². The Bertz CT molecular complexity index is 887. The molecular weight excluding hydrogens is 306 g/mol. The molecule has 120 valence electrons. The number of nitrogens with one attached hydrogen (secondary N) is 1. The number of carboxylic acids is 1. The van der Waals surface area contributed by atoms with Gasteiger partial charge in [0.25, 0.3) is 5.91 Å². The number of carboxylic acid groups (broad SMARTS) is 1. The van der Waals surface area contributed by atoms with Crippen molar-refractivity contribution in [2.75, 3.05) is 0 Å². The van der Waals surface area contributed by atoms with Crippen molar-refractivity contribution in [3.05, 3.63) is 83.4 Å². The van der Waals surface area contributed by atoms with Crippen molar-refractivity contribution in [1.29, 1.82) is 0 Å². The smallest absolute Gasteiger partial charge is 0.335 e. The first-order chi connectivity index (χ1) is 11.6. The number of amides is 1. The highest BCUT2D eigenvalue weighted by Gasteiger charge is 2.08. The first-order valence-electron chi connectivity index (χ1n) is 7.36. The third-order valence-electron chi connectivity index (χ3n) is 3.61. The fourth-order valence-corrected chi connectivity index (χ4v) is 2.34. The van der Waals surface area contributed by atoms with E-state index in [2.05, 4.69) is 5.48 Å². The number of hydroxylamine groups is 1. The van der Waals surface area contributed by atoms with Crippen LogP contribution in [0.2, 0.25) is 0 Å². The average molecular weight is 321 g/mol. The van der Waals surface area contributed by atoms with E-state index in [1.165, 1.54) is 24.3 Å². The van der Waals surface area contributed by atoms with Gasteiger partial charge in [0.1, 0.15) is 0 Å². The summed E-state index contributed by atoms with van der Waals surface area (Å²) in [6, 6.07) is 19.6. The summed E-state index contributed by atoms with van der Waals surface area (Å²) in [6.07, 6.45) is 0. The zero-order valence-electron chi connectivity index (χ0n) is 12.7. The second-order valence-electron chi connectivity index (χ2n) is 5.28. The van der Waals surface area contributed by atoms with Crippen LogP contribution >= 0.6 is 0 Å². The number of carbonyl (C=O) groups excluding carboxylic acids is 1. The van der Waals surface area contributed by atoms with Gasteiger partial charge >= 0.3 is 5.97 Å². The SMILES string of the molecule is O=C(O)c1ccc(C(=O)NOCc2ccc3ccccc3c2)cc1. The molecule has 3 rings (SSSR count). The van der Waals surface area contributed by atoms with Gasteiger partial charge in [0.2, 0.25) is 0 Å². The lowest BCUT2D eigenvalue weighted by Gasteiger charge is -2.07. The zero-order chi connectivity index (χ0) is 16.9. The van der Waals surface area contributed by atoms with Crippen LogP contribution in [0, 0.1) is 0 Å². The largest absolute Gasteiger partial charge is 0.478 e. The molecule has 3 aromatic carbocycles. The first kappa shape index (κ1) is 15.7. The Labute approximate surface area is 138 Å². The molecule has 0 saturated heterocycles. The monoisotopic (exact) mass is 321 g/mol. The van der Waals surface area contributed by atoms with Crippen molar-refractivity contribution in [3.8, 4) is 0 Å². The second kappa shape index (κ2) is 6.93. The van der Waals surface area contributed by atoms with Crippen LogP contribution in [0.25, 0.3) is 10.8 Å². The number of benzene rings is 3. The van der Waals surface area contributed by atoms with Crippen LogP contribution in [0.15, 0.2) is 66.7 Å². The minimum absolute atomic E-state index is 0.128. The van der Waals surface area contributed by atoms with Gasteiger partial charge in [0.05, 0.1) is 12.2 Å². The topological polar surface area (TPSA) is 75.6 Å². The molecule has 24 heavy (non-hydrogen) atoms. The summed E-state index contributed by atoms with van der Waals surface area (Å²) in [4.78, 5) is 28.0. The second-order valence-corrected chi connectivity index (χ2v) is 5.28. The minimum Gasteiger partial charge on any atom is -0.478 e. The molecular formula is C19H15NO4. The molecule has 2 N–H and O–H groups in total. The van der Waals surface area contributed by atoms with Gasteiger partial charge in [-0.15, -0.1) is 0 Å². The van der Waals surface area contributed by atoms with E-state index in [1.807, 2.05) is 42.5 Å². The van der Waals surface area contributed by atoms with E-state index in [1.54, 1.807) is 0 Å². The fraction of sp³-hybridized carbons (Fsp3) is 0.0526. The molecule has 0 spiro atoms. The van der Waals surface area contributed by atoms with E-state index in [-0.39, 0.29) is 12.2 Å². The molecule has 1 amide bonds. The van der Waals surface area contributed by atoms with Crippen LogP contribution in [-0.4, -0.2) is 17.0 Å². The fourth-order valence-electron chi connectivity index (χ4n) is 2.34. The summed E-state index contributed by atoms with van der Waals surface area (Å²) in [5.41, 5.74) is 3.76. The first-order valence-corrected chi connectivity index (χ1v) is 7.36. The number of aromatic carboxylic acids is 1. The minimum atomic E-state index is -1.03. The Kier molecular flexibility index (Phi) is 4.54.